The van der Waals surface area contributed by atoms with E-state index in [-0.39, 0.29) is 5.91 Å². The molecule has 0 aliphatic heterocycles. The molecule has 0 spiro atoms. The highest BCUT2D eigenvalue weighted by molar-refractivity contribution is 5.81. The van der Waals surface area contributed by atoms with Crippen LogP contribution in [0.1, 0.15) is 43.7 Å². The standard InChI is InChI=1S/C18H25NO2/c1-11-4-7-17(12(2)8-11)21-13(3)18(20)19-16-10-14-5-6-15(16)9-14/h4,7-8,13-16H,5-6,9-10H2,1-3H3,(H,19,20)/t13-,14-,15-,16+/m0/s1. The third kappa shape index (κ3) is 3.07. The molecule has 2 aliphatic carbocycles. The SMILES string of the molecule is Cc1ccc(O[C@@H](C)C(=O)N[C@@H]2C[C@H]3CC[C@H]2C3)c(C)c1. The van der Waals surface area contributed by atoms with Crippen molar-refractivity contribution in [1.82, 2.24) is 5.32 Å². The van der Waals surface area contributed by atoms with Crippen molar-refractivity contribution in [2.24, 2.45) is 11.8 Å². The lowest BCUT2D eigenvalue weighted by molar-refractivity contribution is -0.128. The van der Waals surface area contributed by atoms with E-state index >= 15 is 0 Å². The molecular weight excluding hydrogens is 262 g/mol. The van der Waals surface area contributed by atoms with Crippen molar-refractivity contribution >= 4 is 5.91 Å². The summed E-state index contributed by atoms with van der Waals surface area (Å²) in [5, 5.41) is 3.20. The highest BCUT2D eigenvalue weighted by Gasteiger charge is 2.40. The number of benzene rings is 1. The lowest BCUT2D eigenvalue weighted by atomic mass is 9.95. The molecule has 0 heterocycles. The van der Waals surface area contributed by atoms with Crippen LogP contribution >= 0.6 is 0 Å². The van der Waals surface area contributed by atoms with E-state index in [1.54, 1.807) is 0 Å². The average molecular weight is 287 g/mol. The molecule has 114 valence electrons. The van der Waals surface area contributed by atoms with E-state index in [9.17, 15) is 4.79 Å². The van der Waals surface area contributed by atoms with Crippen molar-refractivity contribution in [1.29, 1.82) is 0 Å². The number of carbonyl (C=O) groups excluding carboxylic acids is 1. The van der Waals surface area contributed by atoms with E-state index in [1.165, 1.54) is 24.8 Å². The summed E-state index contributed by atoms with van der Waals surface area (Å²) in [6.07, 6.45) is 4.66. The van der Waals surface area contributed by atoms with Gasteiger partial charge in [-0.3, -0.25) is 4.79 Å². The van der Waals surface area contributed by atoms with Gasteiger partial charge in [0, 0.05) is 6.04 Å². The third-order valence-corrected chi connectivity index (χ3v) is 5.07. The minimum Gasteiger partial charge on any atom is -0.481 e. The topological polar surface area (TPSA) is 38.3 Å². The zero-order valence-electron chi connectivity index (χ0n) is 13.2. The predicted octanol–water partition coefficient (Wildman–Crippen LogP) is 3.38. The van der Waals surface area contributed by atoms with Crippen LogP contribution in [0.15, 0.2) is 18.2 Å². The Labute approximate surface area is 127 Å². The van der Waals surface area contributed by atoms with Gasteiger partial charge >= 0.3 is 0 Å². The van der Waals surface area contributed by atoms with Gasteiger partial charge in [0.05, 0.1) is 0 Å². The van der Waals surface area contributed by atoms with E-state index in [2.05, 4.69) is 18.3 Å². The Balaban J connectivity index is 1.57. The molecule has 0 saturated heterocycles. The fourth-order valence-corrected chi connectivity index (χ4v) is 3.90. The van der Waals surface area contributed by atoms with Gasteiger partial charge in [-0.05, 0) is 63.5 Å². The number of hydrogen-bond donors (Lipinski definition) is 1. The van der Waals surface area contributed by atoms with Crippen LogP contribution in [0.4, 0.5) is 0 Å². The number of rotatable bonds is 4. The minimum absolute atomic E-state index is 0.0209. The maximum Gasteiger partial charge on any atom is 0.261 e. The summed E-state index contributed by atoms with van der Waals surface area (Å²) in [5.41, 5.74) is 2.29. The van der Waals surface area contributed by atoms with Gasteiger partial charge < -0.3 is 10.1 Å². The van der Waals surface area contributed by atoms with Crippen molar-refractivity contribution in [3.63, 3.8) is 0 Å². The van der Waals surface area contributed by atoms with E-state index < -0.39 is 6.10 Å². The lowest BCUT2D eigenvalue weighted by Crippen LogP contribution is -2.44. The summed E-state index contributed by atoms with van der Waals surface area (Å²) >= 11 is 0. The Morgan fingerprint density at radius 1 is 1.29 bits per heavy atom. The quantitative estimate of drug-likeness (QED) is 0.922. The zero-order valence-corrected chi connectivity index (χ0v) is 13.2. The van der Waals surface area contributed by atoms with E-state index in [4.69, 9.17) is 4.74 Å². The van der Waals surface area contributed by atoms with Crippen LogP contribution in [0.25, 0.3) is 0 Å². The fourth-order valence-electron chi connectivity index (χ4n) is 3.90. The number of amides is 1. The second-order valence-corrected chi connectivity index (χ2v) is 6.82. The monoisotopic (exact) mass is 287 g/mol. The molecule has 4 atom stereocenters. The van der Waals surface area contributed by atoms with Crippen LogP contribution in [-0.4, -0.2) is 18.1 Å². The van der Waals surface area contributed by atoms with Crippen LogP contribution in [-0.2, 0) is 4.79 Å². The molecule has 1 aromatic rings. The van der Waals surface area contributed by atoms with Gasteiger partial charge in [-0.25, -0.2) is 0 Å². The molecule has 0 unspecified atom stereocenters. The number of carbonyl (C=O) groups is 1. The van der Waals surface area contributed by atoms with Gasteiger partial charge in [0.1, 0.15) is 5.75 Å². The van der Waals surface area contributed by atoms with Crippen molar-refractivity contribution in [2.45, 2.75) is 58.6 Å². The summed E-state index contributed by atoms with van der Waals surface area (Å²) < 4.78 is 5.84. The lowest BCUT2D eigenvalue weighted by Gasteiger charge is -2.25. The second-order valence-electron chi connectivity index (χ2n) is 6.82. The van der Waals surface area contributed by atoms with Crippen LogP contribution in [0, 0.1) is 25.7 Å². The van der Waals surface area contributed by atoms with Crippen LogP contribution in [0.5, 0.6) is 5.75 Å². The smallest absolute Gasteiger partial charge is 0.261 e. The maximum atomic E-state index is 12.3. The largest absolute Gasteiger partial charge is 0.481 e. The molecule has 3 rings (SSSR count). The molecule has 2 bridgehead atoms. The fraction of sp³-hybridized carbons (Fsp3) is 0.611. The summed E-state index contributed by atoms with van der Waals surface area (Å²) in [5.74, 6) is 2.37. The van der Waals surface area contributed by atoms with Crippen LogP contribution in [0.3, 0.4) is 0 Å². The zero-order chi connectivity index (χ0) is 15.0. The third-order valence-electron chi connectivity index (χ3n) is 5.07. The Bertz CT molecular complexity index is 540. The van der Waals surface area contributed by atoms with Gasteiger partial charge in [0.15, 0.2) is 6.10 Å². The summed E-state index contributed by atoms with van der Waals surface area (Å²) in [6, 6.07) is 6.42. The first-order valence-corrected chi connectivity index (χ1v) is 8.07. The maximum absolute atomic E-state index is 12.3. The number of nitrogens with one attached hydrogen (secondary N) is 1. The molecule has 2 aliphatic rings. The van der Waals surface area contributed by atoms with E-state index in [0.29, 0.717) is 12.0 Å². The molecule has 2 fully saturated rings. The molecule has 0 aromatic heterocycles. The predicted molar refractivity (Wildman–Crippen MR) is 83.4 cm³/mol. The Hall–Kier alpha value is -1.51. The number of ether oxygens (including phenoxy) is 1. The first-order chi connectivity index (χ1) is 10.0. The molecular formula is C18H25NO2. The number of hydrogen-bond acceptors (Lipinski definition) is 2. The highest BCUT2D eigenvalue weighted by atomic mass is 16.5. The molecule has 1 aromatic carbocycles. The normalized spacial score (nSPS) is 28.4. The minimum atomic E-state index is -0.439. The summed E-state index contributed by atoms with van der Waals surface area (Å²) in [6.45, 7) is 5.91. The molecule has 21 heavy (non-hydrogen) atoms. The Kier molecular flexibility index (Phi) is 3.92. The van der Waals surface area contributed by atoms with Gasteiger partial charge in [-0.1, -0.05) is 24.1 Å². The molecule has 1 N–H and O–H groups in total. The molecule has 0 radical (unpaired) electrons. The van der Waals surface area contributed by atoms with Gasteiger partial charge in [-0.2, -0.15) is 0 Å². The van der Waals surface area contributed by atoms with E-state index in [0.717, 1.165) is 23.7 Å². The number of aryl methyl sites for hydroxylation is 2. The Morgan fingerprint density at radius 2 is 2.10 bits per heavy atom. The first-order valence-electron chi connectivity index (χ1n) is 8.07. The van der Waals surface area contributed by atoms with Crippen LogP contribution in [0.2, 0.25) is 0 Å². The first kappa shape index (κ1) is 14.4. The van der Waals surface area contributed by atoms with Crippen molar-refractivity contribution < 1.29 is 9.53 Å². The number of fused-ring (bicyclic) bond motifs is 2. The Morgan fingerprint density at radius 3 is 2.71 bits per heavy atom. The van der Waals surface area contributed by atoms with Gasteiger partial charge in [0.25, 0.3) is 5.91 Å². The van der Waals surface area contributed by atoms with E-state index in [1.807, 2.05) is 26.0 Å². The van der Waals surface area contributed by atoms with Gasteiger partial charge in [-0.15, -0.1) is 0 Å². The molecule has 3 nitrogen and oxygen atoms in total. The average Bonchev–Trinajstić information content (AvgIpc) is 3.04. The molecule has 2 saturated carbocycles. The summed E-state index contributed by atoms with van der Waals surface area (Å²) in [4.78, 5) is 12.3. The van der Waals surface area contributed by atoms with Crippen molar-refractivity contribution in [3.05, 3.63) is 29.3 Å². The van der Waals surface area contributed by atoms with Crippen molar-refractivity contribution in [2.75, 3.05) is 0 Å². The van der Waals surface area contributed by atoms with Crippen molar-refractivity contribution in [3.8, 4) is 5.75 Å². The summed E-state index contributed by atoms with van der Waals surface area (Å²) in [7, 11) is 0. The molecule has 1 amide bonds. The van der Waals surface area contributed by atoms with Crippen LogP contribution < -0.4 is 10.1 Å². The molecule has 3 heteroatoms. The highest BCUT2D eigenvalue weighted by Crippen LogP contribution is 2.44. The van der Waals surface area contributed by atoms with Gasteiger partial charge in [0.2, 0.25) is 0 Å². The second kappa shape index (κ2) is 5.70.